The number of ether oxygens (including phenoxy) is 2. The van der Waals surface area contributed by atoms with Crippen LogP contribution in [0.25, 0.3) is 0 Å². The molecule has 1 atom stereocenters. The second kappa shape index (κ2) is 24.9. The third-order valence-corrected chi connectivity index (χ3v) is 5.87. The Kier molecular flexibility index (Phi) is 24.3. The summed E-state index contributed by atoms with van der Waals surface area (Å²) in [5.41, 5.74) is 0. The lowest BCUT2D eigenvalue weighted by atomic mass is 10.0. The predicted molar refractivity (Wildman–Crippen MR) is 135 cm³/mol. The number of alkyl halides is 1. The van der Waals surface area contributed by atoms with Crippen molar-refractivity contribution in [2.24, 2.45) is 0 Å². The lowest BCUT2D eigenvalue weighted by Gasteiger charge is -2.06. The van der Waals surface area contributed by atoms with Gasteiger partial charge in [0.25, 0.3) is 0 Å². The first-order valence-corrected chi connectivity index (χ1v) is 13.9. The van der Waals surface area contributed by atoms with E-state index < -0.39 is 0 Å². The molecule has 0 aromatic rings. The smallest absolute Gasteiger partial charge is 0.305 e. The third kappa shape index (κ3) is 25.5. The lowest BCUT2D eigenvalue weighted by molar-refractivity contribution is -0.146. The molecule has 0 radical (unpaired) electrons. The van der Waals surface area contributed by atoms with E-state index in [0.717, 1.165) is 12.8 Å². The summed E-state index contributed by atoms with van der Waals surface area (Å²) >= 11 is 5.73. The number of unbranched alkanes of at least 4 members (excludes halogenated alkanes) is 16. The fourth-order valence-electron chi connectivity index (χ4n) is 3.73. The van der Waals surface area contributed by atoms with Crippen molar-refractivity contribution in [3.63, 3.8) is 0 Å². The Bertz CT molecular complexity index is 426. The molecule has 0 amide bonds. The molecule has 32 heavy (non-hydrogen) atoms. The molecule has 0 spiro atoms. The molecule has 0 aliphatic rings. The molecular formula is C27H51ClO4. The van der Waals surface area contributed by atoms with Crippen LogP contribution in [0.5, 0.6) is 0 Å². The van der Waals surface area contributed by atoms with Gasteiger partial charge in [-0.25, -0.2) is 0 Å². The fraction of sp³-hybridized carbons (Fsp3) is 0.926. The first-order valence-electron chi connectivity index (χ1n) is 13.5. The average Bonchev–Trinajstić information content (AvgIpc) is 2.77. The van der Waals surface area contributed by atoms with Gasteiger partial charge in [-0.1, -0.05) is 103 Å². The second-order valence-corrected chi connectivity index (χ2v) is 9.94. The lowest BCUT2D eigenvalue weighted by Crippen LogP contribution is -2.11. The van der Waals surface area contributed by atoms with Crippen molar-refractivity contribution in [3.8, 4) is 0 Å². The van der Waals surface area contributed by atoms with Gasteiger partial charge < -0.3 is 9.47 Å². The Morgan fingerprint density at radius 1 is 0.594 bits per heavy atom. The van der Waals surface area contributed by atoms with Gasteiger partial charge >= 0.3 is 11.9 Å². The zero-order chi connectivity index (χ0) is 23.7. The van der Waals surface area contributed by atoms with E-state index in [2.05, 4.69) is 6.92 Å². The minimum Gasteiger partial charge on any atom is -0.466 e. The van der Waals surface area contributed by atoms with E-state index in [0.29, 0.717) is 32.3 Å². The van der Waals surface area contributed by atoms with Crippen LogP contribution in [0, 0.1) is 0 Å². The van der Waals surface area contributed by atoms with E-state index in [9.17, 15) is 9.59 Å². The zero-order valence-corrected chi connectivity index (χ0v) is 21.9. The number of carbonyl (C=O) groups excluding carboxylic acids is 2. The van der Waals surface area contributed by atoms with Crippen molar-refractivity contribution in [2.75, 3.05) is 13.2 Å². The third-order valence-electron chi connectivity index (χ3n) is 5.75. The summed E-state index contributed by atoms with van der Waals surface area (Å²) in [6.45, 7) is 4.82. The van der Waals surface area contributed by atoms with Crippen LogP contribution in [-0.4, -0.2) is 30.5 Å². The summed E-state index contributed by atoms with van der Waals surface area (Å²) in [7, 11) is 0. The first kappa shape index (κ1) is 31.2. The van der Waals surface area contributed by atoms with Crippen LogP contribution in [0.3, 0.4) is 0 Å². The van der Waals surface area contributed by atoms with Crippen molar-refractivity contribution in [1.29, 1.82) is 0 Å². The largest absolute Gasteiger partial charge is 0.466 e. The Hall–Kier alpha value is -0.770. The van der Waals surface area contributed by atoms with Crippen molar-refractivity contribution >= 4 is 23.5 Å². The van der Waals surface area contributed by atoms with Gasteiger partial charge in [0.2, 0.25) is 0 Å². The highest BCUT2D eigenvalue weighted by atomic mass is 35.5. The van der Waals surface area contributed by atoms with Crippen LogP contribution >= 0.6 is 11.6 Å². The molecule has 0 saturated carbocycles. The SMILES string of the molecule is CCCCCCCCCCCCCCCCCCOC(=O)CCCCC(=O)OCC(C)Cl. The Morgan fingerprint density at radius 3 is 1.38 bits per heavy atom. The Labute approximate surface area is 203 Å². The van der Waals surface area contributed by atoms with Crippen LogP contribution in [0.15, 0.2) is 0 Å². The maximum Gasteiger partial charge on any atom is 0.305 e. The van der Waals surface area contributed by atoms with Crippen molar-refractivity contribution in [2.45, 2.75) is 148 Å². The van der Waals surface area contributed by atoms with Crippen LogP contribution < -0.4 is 0 Å². The summed E-state index contributed by atoms with van der Waals surface area (Å²) in [4.78, 5) is 23.1. The fourth-order valence-corrected chi connectivity index (χ4v) is 3.79. The van der Waals surface area contributed by atoms with Gasteiger partial charge in [0.1, 0.15) is 6.61 Å². The molecule has 190 valence electrons. The van der Waals surface area contributed by atoms with Gasteiger partial charge in [0, 0.05) is 12.8 Å². The zero-order valence-electron chi connectivity index (χ0n) is 21.1. The van der Waals surface area contributed by atoms with E-state index in [4.69, 9.17) is 21.1 Å². The minimum absolute atomic E-state index is 0.159. The molecule has 0 aliphatic heterocycles. The first-order chi connectivity index (χ1) is 15.6. The van der Waals surface area contributed by atoms with Crippen molar-refractivity contribution < 1.29 is 19.1 Å². The second-order valence-electron chi connectivity index (χ2n) is 9.19. The summed E-state index contributed by atoms with van der Waals surface area (Å²) in [6.07, 6.45) is 23.4. The normalized spacial score (nSPS) is 12.0. The molecule has 1 unspecified atom stereocenters. The van der Waals surface area contributed by atoms with Gasteiger partial charge in [0.15, 0.2) is 0 Å². The van der Waals surface area contributed by atoms with Crippen LogP contribution in [0.4, 0.5) is 0 Å². The summed E-state index contributed by atoms with van der Waals surface area (Å²) in [5, 5.41) is -0.168. The van der Waals surface area contributed by atoms with Gasteiger partial charge in [-0.2, -0.15) is 0 Å². The molecule has 0 aliphatic carbocycles. The highest BCUT2D eigenvalue weighted by molar-refractivity contribution is 6.20. The molecular weight excluding hydrogens is 424 g/mol. The minimum atomic E-state index is -0.251. The van der Waals surface area contributed by atoms with Gasteiger partial charge in [-0.05, 0) is 26.2 Å². The van der Waals surface area contributed by atoms with Crippen LogP contribution in [-0.2, 0) is 19.1 Å². The topological polar surface area (TPSA) is 52.6 Å². The van der Waals surface area contributed by atoms with Crippen molar-refractivity contribution in [1.82, 2.24) is 0 Å². The van der Waals surface area contributed by atoms with E-state index in [1.807, 2.05) is 0 Å². The predicted octanol–water partition coefficient (Wildman–Crippen LogP) is 8.52. The van der Waals surface area contributed by atoms with Crippen LogP contribution in [0.1, 0.15) is 142 Å². The quantitative estimate of drug-likeness (QED) is 0.0798. The maximum atomic E-state index is 11.7. The molecule has 0 aromatic heterocycles. The Balaban J connectivity index is 3.22. The average molecular weight is 475 g/mol. The van der Waals surface area contributed by atoms with Gasteiger partial charge in [-0.15, -0.1) is 11.6 Å². The Morgan fingerprint density at radius 2 is 0.969 bits per heavy atom. The molecule has 0 rings (SSSR count). The molecule has 0 bridgehead atoms. The number of hydrogen-bond acceptors (Lipinski definition) is 4. The summed E-state index contributed by atoms with van der Waals surface area (Å²) in [5.74, 6) is -0.409. The standard InChI is InChI=1S/C27H51ClO4/c1-3-4-5-6-7-8-9-10-11-12-13-14-15-16-17-20-23-31-26(29)21-18-19-22-27(30)32-24-25(2)28/h25H,3-24H2,1-2H3. The van der Waals surface area contributed by atoms with Gasteiger partial charge in [-0.3, -0.25) is 9.59 Å². The maximum absolute atomic E-state index is 11.7. The van der Waals surface area contributed by atoms with E-state index in [-0.39, 0.29) is 23.9 Å². The number of carbonyl (C=O) groups is 2. The van der Waals surface area contributed by atoms with Crippen LogP contribution in [0.2, 0.25) is 0 Å². The number of hydrogen-bond donors (Lipinski definition) is 0. The number of halogens is 1. The van der Waals surface area contributed by atoms with Crippen molar-refractivity contribution in [3.05, 3.63) is 0 Å². The molecule has 0 heterocycles. The molecule has 4 nitrogen and oxygen atoms in total. The van der Waals surface area contributed by atoms with Gasteiger partial charge in [0.05, 0.1) is 12.0 Å². The van der Waals surface area contributed by atoms with E-state index in [1.165, 1.54) is 89.9 Å². The monoisotopic (exact) mass is 474 g/mol. The molecule has 0 fully saturated rings. The molecule has 0 saturated heterocycles. The number of esters is 2. The number of rotatable bonds is 24. The molecule has 0 N–H and O–H groups in total. The highest BCUT2D eigenvalue weighted by Crippen LogP contribution is 2.14. The summed E-state index contributed by atoms with van der Waals surface area (Å²) < 4.78 is 10.3. The highest BCUT2D eigenvalue weighted by Gasteiger charge is 2.07. The summed E-state index contributed by atoms with van der Waals surface area (Å²) in [6, 6.07) is 0. The molecule has 0 aromatic carbocycles. The molecule has 5 heteroatoms. The van der Waals surface area contributed by atoms with E-state index in [1.54, 1.807) is 6.92 Å². The van der Waals surface area contributed by atoms with E-state index >= 15 is 0 Å².